The molecule has 0 fully saturated rings. The first kappa shape index (κ1) is 19.7. The number of ether oxygens (including phenoxy) is 1. The van der Waals surface area contributed by atoms with E-state index in [0.717, 1.165) is 12.1 Å². The SMILES string of the molecule is COc1ccc(S(=O)(=O)c2cccc(S(=O)(=O)O)c2)cc1SOOO. The molecule has 0 radical (unpaired) electrons. The van der Waals surface area contributed by atoms with Crippen LogP contribution in [-0.4, -0.2) is 33.8 Å². The van der Waals surface area contributed by atoms with Gasteiger partial charge in [-0.2, -0.15) is 8.42 Å². The van der Waals surface area contributed by atoms with Crippen molar-refractivity contribution < 1.29 is 40.8 Å². The van der Waals surface area contributed by atoms with Crippen LogP contribution in [0.25, 0.3) is 0 Å². The van der Waals surface area contributed by atoms with E-state index in [1.807, 2.05) is 0 Å². The molecule has 9 nitrogen and oxygen atoms in total. The first-order valence-electron chi connectivity index (χ1n) is 6.35. The Morgan fingerprint density at radius 1 is 0.960 bits per heavy atom. The molecule has 0 aliphatic carbocycles. The second kappa shape index (κ2) is 7.70. The maximum Gasteiger partial charge on any atom is 0.294 e. The molecule has 0 aromatic heterocycles. The zero-order valence-corrected chi connectivity index (χ0v) is 15.0. The van der Waals surface area contributed by atoms with Crippen molar-refractivity contribution in [2.24, 2.45) is 0 Å². The van der Waals surface area contributed by atoms with E-state index in [2.05, 4.69) is 9.37 Å². The van der Waals surface area contributed by atoms with Crippen LogP contribution in [0.4, 0.5) is 0 Å². The summed E-state index contributed by atoms with van der Waals surface area (Å²) in [6, 6.07) is 8.08. The highest BCUT2D eigenvalue weighted by Gasteiger charge is 2.22. The quantitative estimate of drug-likeness (QED) is 0.303. The molecule has 25 heavy (non-hydrogen) atoms. The molecule has 0 bridgehead atoms. The van der Waals surface area contributed by atoms with E-state index in [1.165, 1.54) is 37.4 Å². The molecule has 0 aliphatic heterocycles. The van der Waals surface area contributed by atoms with Gasteiger partial charge in [-0.3, -0.25) is 4.55 Å². The molecule has 2 aromatic rings. The second-order valence-corrected chi connectivity index (χ2v) is 8.61. The van der Waals surface area contributed by atoms with Gasteiger partial charge in [0, 0.05) is 0 Å². The Balaban J connectivity index is 2.53. The van der Waals surface area contributed by atoms with Crippen molar-refractivity contribution in [3.05, 3.63) is 42.5 Å². The molecule has 0 saturated carbocycles. The fourth-order valence-corrected chi connectivity index (χ4v) is 4.40. The molecular weight excluding hydrogens is 396 g/mol. The molecular formula is C13H12O9S3. The van der Waals surface area contributed by atoms with E-state index in [9.17, 15) is 16.8 Å². The summed E-state index contributed by atoms with van der Waals surface area (Å²) in [5.41, 5.74) is 0. The second-order valence-electron chi connectivity index (χ2n) is 4.49. The first-order chi connectivity index (χ1) is 11.7. The molecule has 2 aromatic carbocycles. The first-order valence-corrected chi connectivity index (χ1v) is 10.0. The Morgan fingerprint density at radius 3 is 2.20 bits per heavy atom. The maximum absolute atomic E-state index is 12.7. The molecule has 0 spiro atoms. The van der Waals surface area contributed by atoms with Crippen molar-refractivity contribution in [1.29, 1.82) is 0 Å². The summed E-state index contributed by atoms with van der Waals surface area (Å²) in [7, 11) is -7.30. The lowest BCUT2D eigenvalue weighted by Gasteiger charge is -2.10. The summed E-state index contributed by atoms with van der Waals surface area (Å²) >= 11 is 0.507. The Morgan fingerprint density at radius 2 is 1.60 bits per heavy atom. The van der Waals surface area contributed by atoms with Crippen molar-refractivity contribution in [3.8, 4) is 5.75 Å². The molecule has 0 atom stereocenters. The minimum absolute atomic E-state index is 0.184. The highest BCUT2D eigenvalue weighted by molar-refractivity contribution is 7.94. The van der Waals surface area contributed by atoms with Crippen LogP contribution in [0, 0.1) is 0 Å². The van der Waals surface area contributed by atoms with Gasteiger partial charge >= 0.3 is 0 Å². The number of sulfone groups is 1. The molecule has 12 heteroatoms. The Bertz CT molecular complexity index is 968. The minimum Gasteiger partial charge on any atom is -0.495 e. The van der Waals surface area contributed by atoms with Gasteiger partial charge in [0.15, 0.2) is 0 Å². The van der Waals surface area contributed by atoms with E-state index in [4.69, 9.17) is 14.5 Å². The van der Waals surface area contributed by atoms with Crippen LogP contribution < -0.4 is 4.74 Å². The third kappa shape index (κ3) is 4.49. The van der Waals surface area contributed by atoms with Crippen LogP contribution >= 0.6 is 12.0 Å². The Labute approximate surface area is 147 Å². The Kier molecular flexibility index (Phi) is 6.05. The number of hydrogen-bond donors (Lipinski definition) is 2. The third-order valence-corrected chi connectivity index (χ3v) is 6.24. The predicted molar refractivity (Wildman–Crippen MR) is 85.4 cm³/mol. The van der Waals surface area contributed by atoms with Gasteiger partial charge in [-0.05, 0) is 36.4 Å². The fraction of sp³-hybridized carbons (Fsp3) is 0.0769. The molecule has 0 amide bonds. The van der Waals surface area contributed by atoms with Crippen molar-refractivity contribution in [2.75, 3.05) is 7.11 Å². The molecule has 0 heterocycles. The average molecular weight is 408 g/mol. The van der Waals surface area contributed by atoms with Crippen molar-refractivity contribution >= 4 is 32.0 Å². The summed E-state index contributed by atoms with van der Waals surface area (Å²) < 4.78 is 66.1. The van der Waals surface area contributed by atoms with Crippen LogP contribution in [0.2, 0.25) is 0 Å². The lowest BCUT2D eigenvalue weighted by atomic mass is 10.3. The smallest absolute Gasteiger partial charge is 0.294 e. The summed E-state index contributed by atoms with van der Waals surface area (Å²) in [5, 5.41) is 11.7. The molecule has 2 N–H and O–H groups in total. The molecule has 2 rings (SSSR count). The minimum atomic E-state index is -4.55. The van der Waals surface area contributed by atoms with Crippen LogP contribution in [0.15, 0.2) is 62.0 Å². The standard InChI is InChI=1S/C13H12O9S3/c1-20-12-6-5-10(8-13(12)23-22-21-14)24(15,16)9-3-2-4-11(7-9)25(17,18)19/h2-8,14H,1H3,(H,17,18,19). The molecule has 0 aliphatic rings. The molecule has 0 unspecified atom stereocenters. The van der Waals surface area contributed by atoms with E-state index in [0.29, 0.717) is 12.0 Å². The lowest BCUT2D eigenvalue weighted by Crippen LogP contribution is -2.05. The van der Waals surface area contributed by atoms with Gasteiger partial charge in [0.2, 0.25) is 9.84 Å². The van der Waals surface area contributed by atoms with Crippen LogP contribution in [0.5, 0.6) is 5.75 Å². The van der Waals surface area contributed by atoms with Crippen molar-refractivity contribution in [3.63, 3.8) is 0 Å². The summed E-state index contributed by atoms with van der Waals surface area (Å²) in [5.74, 6) is 0.257. The van der Waals surface area contributed by atoms with Gasteiger partial charge in [-0.1, -0.05) is 11.1 Å². The topological polar surface area (TPSA) is 136 Å². The normalized spacial score (nSPS) is 12.1. The van der Waals surface area contributed by atoms with Gasteiger partial charge in [-0.15, -0.1) is 4.33 Å². The van der Waals surface area contributed by atoms with Crippen molar-refractivity contribution in [2.45, 2.75) is 19.6 Å². The fourth-order valence-electron chi connectivity index (χ4n) is 1.88. The van der Waals surface area contributed by atoms with Gasteiger partial charge in [-0.25, -0.2) is 13.7 Å². The summed E-state index contributed by atoms with van der Waals surface area (Å²) in [6.45, 7) is 0. The van der Waals surface area contributed by atoms with E-state index in [1.54, 1.807) is 0 Å². The number of methoxy groups -OCH3 is 1. The van der Waals surface area contributed by atoms with Crippen LogP contribution in [-0.2, 0) is 29.3 Å². The van der Waals surface area contributed by atoms with E-state index < -0.39 is 24.9 Å². The van der Waals surface area contributed by atoms with E-state index in [-0.39, 0.29) is 20.4 Å². The largest absolute Gasteiger partial charge is 0.495 e. The summed E-state index contributed by atoms with van der Waals surface area (Å²) in [4.78, 5) is -0.884. The highest BCUT2D eigenvalue weighted by Crippen LogP contribution is 2.34. The lowest BCUT2D eigenvalue weighted by molar-refractivity contribution is -0.432. The maximum atomic E-state index is 12.7. The van der Waals surface area contributed by atoms with E-state index >= 15 is 0 Å². The van der Waals surface area contributed by atoms with Crippen LogP contribution in [0.1, 0.15) is 0 Å². The zero-order chi connectivity index (χ0) is 18.7. The monoisotopic (exact) mass is 408 g/mol. The highest BCUT2D eigenvalue weighted by atomic mass is 32.2. The van der Waals surface area contributed by atoms with Crippen molar-refractivity contribution in [1.82, 2.24) is 0 Å². The molecule has 136 valence electrons. The Hall–Kier alpha value is -1.67. The average Bonchev–Trinajstić information content (AvgIpc) is 2.59. The number of rotatable bonds is 7. The van der Waals surface area contributed by atoms with Gasteiger partial charge < -0.3 is 4.74 Å². The van der Waals surface area contributed by atoms with Gasteiger partial charge in [0.05, 0.1) is 38.7 Å². The third-order valence-electron chi connectivity index (χ3n) is 3.01. The van der Waals surface area contributed by atoms with Crippen LogP contribution in [0.3, 0.4) is 0 Å². The predicted octanol–water partition coefficient (Wildman–Crippen LogP) is 2.20. The summed E-state index contributed by atoms with van der Waals surface area (Å²) in [6.07, 6.45) is 0. The van der Waals surface area contributed by atoms with Gasteiger partial charge in [0.1, 0.15) is 5.75 Å². The van der Waals surface area contributed by atoms with Gasteiger partial charge in [0.25, 0.3) is 10.1 Å². The number of benzene rings is 2. The zero-order valence-electron chi connectivity index (χ0n) is 12.5. The number of hydrogen-bond acceptors (Lipinski definition) is 9. The molecule has 0 saturated heterocycles.